The fourth-order valence-electron chi connectivity index (χ4n) is 1.68. The summed E-state index contributed by atoms with van der Waals surface area (Å²) >= 11 is 0. The third-order valence-corrected chi connectivity index (χ3v) is 2.84. The van der Waals surface area contributed by atoms with Gasteiger partial charge >= 0.3 is 0 Å². The number of rotatable bonds is 6. The Morgan fingerprint density at radius 3 is 2.61 bits per heavy atom. The van der Waals surface area contributed by atoms with Gasteiger partial charge in [-0.25, -0.2) is 0 Å². The lowest BCUT2D eigenvalue weighted by molar-refractivity contribution is -0.120. The van der Waals surface area contributed by atoms with E-state index in [0.717, 1.165) is 12.8 Å². The predicted octanol–water partition coefficient (Wildman–Crippen LogP) is 2.27. The molecule has 0 bridgehead atoms. The van der Waals surface area contributed by atoms with Crippen molar-refractivity contribution in [2.24, 2.45) is 0 Å². The van der Waals surface area contributed by atoms with E-state index in [1.165, 1.54) is 0 Å². The highest BCUT2D eigenvalue weighted by molar-refractivity contribution is 5.81. The second-order valence-electron chi connectivity index (χ2n) is 4.09. The number of nitrogens with zero attached hydrogens (tertiary/aromatic N) is 1. The minimum absolute atomic E-state index is 0.0450. The lowest BCUT2D eigenvalue weighted by atomic mass is 10.1. The molecule has 0 fully saturated rings. The van der Waals surface area contributed by atoms with Crippen LogP contribution in [0.2, 0.25) is 0 Å². The van der Waals surface area contributed by atoms with Crippen molar-refractivity contribution in [2.75, 3.05) is 11.9 Å². The molecule has 1 aromatic carbocycles. The Bertz CT molecular complexity index is 433. The number of amides is 1. The molecule has 0 aliphatic rings. The SMILES string of the molecule is CCC(CC)NC(=O)CNc1ccccc1C#N. The van der Waals surface area contributed by atoms with Crippen LogP contribution in [0.25, 0.3) is 0 Å². The Labute approximate surface area is 108 Å². The van der Waals surface area contributed by atoms with Crippen molar-refractivity contribution in [2.45, 2.75) is 32.7 Å². The van der Waals surface area contributed by atoms with Gasteiger partial charge in [0.1, 0.15) is 6.07 Å². The third-order valence-electron chi connectivity index (χ3n) is 2.84. The van der Waals surface area contributed by atoms with Crippen molar-refractivity contribution >= 4 is 11.6 Å². The monoisotopic (exact) mass is 245 g/mol. The molecule has 96 valence electrons. The summed E-state index contributed by atoms with van der Waals surface area (Å²) < 4.78 is 0. The molecule has 0 aromatic heterocycles. The topological polar surface area (TPSA) is 64.9 Å². The lowest BCUT2D eigenvalue weighted by Crippen LogP contribution is -2.37. The first-order chi connectivity index (χ1) is 8.71. The van der Waals surface area contributed by atoms with Crippen LogP contribution in [0, 0.1) is 11.3 Å². The van der Waals surface area contributed by atoms with E-state index in [0.29, 0.717) is 11.3 Å². The molecule has 0 unspecified atom stereocenters. The minimum atomic E-state index is -0.0450. The van der Waals surface area contributed by atoms with E-state index in [1.54, 1.807) is 18.2 Å². The summed E-state index contributed by atoms with van der Waals surface area (Å²) in [5.74, 6) is -0.0450. The average molecular weight is 245 g/mol. The van der Waals surface area contributed by atoms with Crippen LogP contribution in [0.15, 0.2) is 24.3 Å². The molecule has 18 heavy (non-hydrogen) atoms. The molecular weight excluding hydrogens is 226 g/mol. The molecule has 0 aliphatic heterocycles. The Morgan fingerprint density at radius 2 is 2.00 bits per heavy atom. The van der Waals surface area contributed by atoms with E-state index in [4.69, 9.17) is 5.26 Å². The zero-order valence-electron chi connectivity index (χ0n) is 10.9. The number of hydrogen-bond acceptors (Lipinski definition) is 3. The molecule has 4 heteroatoms. The Kier molecular flexibility index (Phi) is 5.72. The maximum atomic E-state index is 11.7. The number of para-hydroxylation sites is 1. The van der Waals surface area contributed by atoms with Gasteiger partial charge in [-0.05, 0) is 25.0 Å². The summed E-state index contributed by atoms with van der Waals surface area (Å²) in [5, 5.41) is 14.8. The summed E-state index contributed by atoms with van der Waals surface area (Å²) in [6.07, 6.45) is 1.86. The van der Waals surface area contributed by atoms with E-state index in [1.807, 2.05) is 19.9 Å². The van der Waals surface area contributed by atoms with Crippen molar-refractivity contribution < 1.29 is 4.79 Å². The Hall–Kier alpha value is -2.02. The van der Waals surface area contributed by atoms with Crippen LogP contribution in [0.1, 0.15) is 32.3 Å². The van der Waals surface area contributed by atoms with Gasteiger partial charge in [0.2, 0.25) is 5.91 Å². The normalized spacial score (nSPS) is 9.89. The molecule has 1 amide bonds. The van der Waals surface area contributed by atoms with Crippen LogP contribution in [0.3, 0.4) is 0 Å². The van der Waals surface area contributed by atoms with Crippen molar-refractivity contribution in [3.8, 4) is 6.07 Å². The molecular formula is C14H19N3O. The van der Waals surface area contributed by atoms with Crippen LogP contribution in [0.5, 0.6) is 0 Å². The lowest BCUT2D eigenvalue weighted by Gasteiger charge is -2.15. The van der Waals surface area contributed by atoms with Crippen LogP contribution in [-0.2, 0) is 4.79 Å². The molecule has 0 spiro atoms. The largest absolute Gasteiger partial charge is 0.375 e. The van der Waals surface area contributed by atoms with Gasteiger partial charge in [-0.3, -0.25) is 4.79 Å². The second kappa shape index (κ2) is 7.33. The van der Waals surface area contributed by atoms with Gasteiger partial charge < -0.3 is 10.6 Å². The van der Waals surface area contributed by atoms with Gasteiger partial charge in [-0.1, -0.05) is 26.0 Å². The molecule has 1 rings (SSSR count). The van der Waals surface area contributed by atoms with Crippen LogP contribution >= 0.6 is 0 Å². The van der Waals surface area contributed by atoms with Gasteiger partial charge in [0, 0.05) is 6.04 Å². The zero-order valence-corrected chi connectivity index (χ0v) is 10.9. The molecule has 0 saturated carbocycles. The molecule has 4 nitrogen and oxygen atoms in total. The van der Waals surface area contributed by atoms with Crippen LogP contribution in [0.4, 0.5) is 5.69 Å². The number of nitrogens with one attached hydrogen (secondary N) is 2. The number of hydrogen-bond donors (Lipinski definition) is 2. The summed E-state index contributed by atoms with van der Waals surface area (Å²) in [5.41, 5.74) is 1.24. The molecule has 0 aliphatic carbocycles. The standard InChI is InChI=1S/C14H19N3O/c1-3-12(4-2)17-14(18)10-16-13-8-6-5-7-11(13)9-15/h5-8,12,16H,3-4,10H2,1-2H3,(H,17,18). The minimum Gasteiger partial charge on any atom is -0.375 e. The first-order valence-electron chi connectivity index (χ1n) is 6.23. The average Bonchev–Trinajstić information content (AvgIpc) is 2.42. The summed E-state index contributed by atoms with van der Waals surface area (Å²) in [4.78, 5) is 11.7. The first kappa shape index (κ1) is 14.0. The molecule has 0 radical (unpaired) electrons. The van der Waals surface area contributed by atoms with Gasteiger partial charge in [0.05, 0.1) is 17.8 Å². The number of carbonyl (C=O) groups excluding carboxylic acids is 1. The van der Waals surface area contributed by atoms with Crippen molar-refractivity contribution in [1.82, 2.24) is 5.32 Å². The van der Waals surface area contributed by atoms with E-state index >= 15 is 0 Å². The van der Waals surface area contributed by atoms with E-state index < -0.39 is 0 Å². The molecule has 0 atom stereocenters. The van der Waals surface area contributed by atoms with Gasteiger partial charge in [0.25, 0.3) is 0 Å². The zero-order chi connectivity index (χ0) is 13.4. The highest BCUT2D eigenvalue weighted by Gasteiger charge is 2.08. The number of anilines is 1. The number of nitriles is 1. The quantitative estimate of drug-likeness (QED) is 0.808. The molecule has 0 saturated heterocycles. The summed E-state index contributed by atoms with van der Waals surface area (Å²) in [6, 6.07) is 9.47. The first-order valence-corrected chi connectivity index (χ1v) is 6.23. The van der Waals surface area contributed by atoms with Gasteiger partial charge in [0.15, 0.2) is 0 Å². The fourth-order valence-corrected chi connectivity index (χ4v) is 1.68. The van der Waals surface area contributed by atoms with Crippen LogP contribution < -0.4 is 10.6 Å². The molecule has 1 aromatic rings. The van der Waals surface area contributed by atoms with Crippen LogP contribution in [-0.4, -0.2) is 18.5 Å². The fraction of sp³-hybridized carbons (Fsp3) is 0.429. The smallest absolute Gasteiger partial charge is 0.239 e. The van der Waals surface area contributed by atoms with Crippen molar-refractivity contribution in [3.05, 3.63) is 29.8 Å². The highest BCUT2D eigenvalue weighted by Crippen LogP contribution is 2.12. The maximum absolute atomic E-state index is 11.7. The van der Waals surface area contributed by atoms with E-state index in [-0.39, 0.29) is 18.5 Å². The Balaban J connectivity index is 2.50. The van der Waals surface area contributed by atoms with Gasteiger partial charge in [-0.15, -0.1) is 0 Å². The summed E-state index contributed by atoms with van der Waals surface area (Å²) in [6.45, 7) is 4.29. The Morgan fingerprint density at radius 1 is 1.33 bits per heavy atom. The predicted molar refractivity (Wildman–Crippen MR) is 72.2 cm³/mol. The number of carbonyl (C=O) groups is 1. The van der Waals surface area contributed by atoms with Crippen molar-refractivity contribution in [3.63, 3.8) is 0 Å². The second-order valence-corrected chi connectivity index (χ2v) is 4.09. The third kappa shape index (κ3) is 4.10. The van der Waals surface area contributed by atoms with E-state index in [2.05, 4.69) is 16.7 Å². The molecule has 2 N–H and O–H groups in total. The van der Waals surface area contributed by atoms with Gasteiger partial charge in [-0.2, -0.15) is 5.26 Å². The molecule has 0 heterocycles. The summed E-state index contributed by atoms with van der Waals surface area (Å²) in [7, 11) is 0. The van der Waals surface area contributed by atoms with Crippen molar-refractivity contribution in [1.29, 1.82) is 5.26 Å². The number of benzene rings is 1. The highest BCUT2D eigenvalue weighted by atomic mass is 16.1. The maximum Gasteiger partial charge on any atom is 0.239 e. The van der Waals surface area contributed by atoms with E-state index in [9.17, 15) is 4.79 Å².